The Hall–Kier alpha value is -1.59. The van der Waals surface area contributed by atoms with Crippen LogP contribution in [-0.4, -0.2) is 37.2 Å². The lowest BCUT2D eigenvalue weighted by Crippen LogP contribution is -2.30. The topological polar surface area (TPSA) is 78.9 Å². The molecule has 0 aliphatic heterocycles. The Morgan fingerprint density at radius 1 is 0.373 bits per heavy atom. The van der Waals surface area contributed by atoms with E-state index in [1.165, 1.54) is 135 Å². The van der Waals surface area contributed by atoms with Gasteiger partial charge in [0.15, 0.2) is 6.10 Å². The molecule has 51 heavy (non-hydrogen) atoms. The monoisotopic (exact) mass is 723 g/mol. The summed E-state index contributed by atoms with van der Waals surface area (Å²) in [5.41, 5.74) is 0. The van der Waals surface area contributed by atoms with E-state index in [0.717, 1.165) is 70.1 Å². The number of esters is 3. The Labute approximate surface area is 317 Å². The first kappa shape index (κ1) is 49.4. The molecule has 0 fully saturated rings. The normalized spacial score (nSPS) is 11.9. The van der Waals surface area contributed by atoms with E-state index in [0.29, 0.717) is 19.3 Å². The van der Waals surface area contributed by atoms with Crippen LogP contribution in [0.5, 0.6) is 0 Å². The summed E-state index contributed by atoms with van der Waals surface area (Å²) >= 11 is 0. The molecular formula is C45H86O6. The summed E-state index contributed by atoms with van der Waals surface area (Å²) < 4.78 is 16.6. The maximum absolute atomic E-state index is 12.7. The minimum Gasteiger partial charge on any atom is -0.462 e. The molecule has 0 heterocycles. The standard InChI is InChI=1S/C45H86O6/c1-5-7-9-11-12-13-14-19-22-25-29-33-37-44(47)50-40-42(39-49-43(46)36-32-27-10-8-6-2)51-45(48)38-34-30-26-23-20-17-15-16-18-21-24-28-31-35-41(3)4/h41-42H,5-40H2,1-4H3/t42-/m1/s1. The lowest BCUT2D eigenvalue weighted by Gasteiger charge is -2.18. The highest BCUT2D eigenvalue weighted by Gasteiger charge is 2.19. The molecule has 0 bridgehead atoms. The molecule has 0 spiro atoms. The third-order valence-electron chi connectivity index (χ3n) is 10.0. The SMILES string of the molecule is CCCCCCCCCCCCCCC(=O)OC[C@@H](COC(=O)CCCCCCC)OC(=O)CCCCCCCCCCCCCCCC(C)C. The summed E-state index contributed by atoms with van der Waals surface area (Å²) in [6.45, 7) is 8.92. The van der Waals surface area contributed by atoms with Gasteiger partial charge >= 0.3 is 17.9 Å². The third-order valence-corrected chi connectivity index (χ3v) is 10.0. The zero-order chi connectivity index (χ0) is 37.5. The van der Waals surface area contributed by atoms with Crippen LogP contribution in [0.3, 0.4) is 0 Å². The second kappa shape index (κ2) is 39.6. The van der Waals surface area contributed by atoms with E-state index in [4.69, 9.17) is 14.2 Å². The lowest BCUT2D eigenvalue weighted by molar-refractivity contribution is -0.167. The largest absolute Gasteiger partial charge is 0.462 e. The second-order valence-electron chi connectivity index (χ2n) is 15.8. The van der Waals surface area contributed by atoms with Crippen molar-refractivity contribution in [3.05, 3.63) is 0 Å². The van der Waals surface area contributed by atoms with E-state index >= 15 is 0 Å². The lowest BCUT2D eigenvalue weighted by atomic mass is 10.0. The number of carbonyl (C=O) groups excluding carboxylic acids is 3. The Morgan fingerprint density at radius 3 is 0.961 bits per heavy atom. The van der Waals surface area contributed by atoms with Gasteiger partial charge in [0.1, 0.15) is 13.2 Å². The van der Waals surface area contributed by atoms with Gasteiger partial charge in [-0.05, 0) is 25.2 Å². The van der Waals surface area contributed by atoms with Crippen molar-refractivity contribution < 1.29 is 28.6 Å². The number of unbranched alkanes of at least 4 members (excludes halogenated alkanes) is 27. The van der Waals surface area contributed by atoms with Gasteiger partial charge in [-0.1, -0.05) is 207 Å². The molecule has 0 aliphatic rings. The van der Waals surface area contributed by atoms with E-state index in [1.54, 1.807) is 0 Å². The number of rotatable bonds is 40. The van der Waals surface area contributed by atoms with Crippen LogP contribution < -0.4 is 0 Å². The fourth-order valence-electron chi connectivity index (χ4n) is 6.63. The predicted molar refractivity (Wildman–Crippen MR) is 215 cm³/mol. The van der Waals surface area contributed by atoms with Crippen LogP contribution in [0.4, 0.5) is 0 Å². The molecule has 0 N–H and O–H groups in total. The molecule has 0 radical (unpaired) electrons. The fourth-order valence-corrected chi connectivity index (χ4v) is 6.63. The van der Waals surface area contributed by atoms with Gasteiger partial charge in [0.25, 0.3) is 0 Å². The molecule has 6 nitrogen and oxygen atoms in total. The summed E-state index contributed by atoms with van der Waals surface area (Å²) in [6, 6.07) is 0. The van der Waals surface area contributed by atoms with Gasteiger partial charge in [0.2, 0.25) is 0 Å². The number of hydrogen-bond acceptors (Lipinski definition) is 6. The molecule has 0 aromatic rings. The average Bonchev–Trinajstić information content (AvgIpc) is 3.11. The van der Waals surface area contributed by atoms with Gasteiger partial charge in [-0.25, -0.2) is 0 Å². The fraction of sp³-hybridized carbons (Fsp3) is 0.933. The Balaban J connectivity index is 4.18. The average molecular weight is 723 g/mol. The summed E-state index contributed by atoms with van der Waals surface area (Å²) in [4.78, 5) is 37.4. The highest BCUT2D eigenvalue weighted by atomic mass is 16.6. The molecule has 0 amide bonds. The van der Waals surface area contributed by atoms with E-state index < -0.39 is 6.10 Å². The van der Waals surface area contributed by atoms with E-state index in [1.807, 2.05) is 0 Å². The van der Waals surface area contributed by atoms with Crippen LogP contribution in [-0.2, 0) is 28.6 Å². The van der Waals surface area contributed by atoms with Crippen molar-refractivity contribution in [3.8, 4) is 0 Å². The molecule has 0 aromatic heterocycles. The summed E-state index contributed by atoms with van der Waals surface area (Å²) in [5.74, 6) is -0.0305. The molecule has 0 saturated carbocycles. The van der Waals surface area contributed by atoms with Gasteiger partial charge in [-0.3, -0.25) is 14.4 Å². The first-order valence-electron chi connectivity index (χ1n) is 22.4. The maximum Gasteiger partial charge on any atom is 0.306 e. The predicted octanol–water partition coefficient (Wildman–Crippen LogP) is 13.9. The van der Waals surface area contributed by atoms with Crippen molar-refractivity contribution in [3.63, 3.8) is 0 Å². The van der Waals surface area contributed by atoms with Crippen molar-refractivity contribution >= 4 is 17.9 Å². The quantitative estimate of drug-likeness (QED) is 0.0356. The van der Waals surface area contributed by atoms with E-state index in [2.05, 4.69) is 27.7 Å². The Kier molecular flexibility index (Phi) is 38.4. The minimum atomic E-state index is -0.757. The molecule has 302 valence electrons. The van der Waals surface area contributed by atoms with Crippen LogP contribution in [0.25, 0.3) is 0 Å². The zero-order valence-corrected chi connectivity index (χ0v) is 34.6. The molecule has 0 saturated heterocycles. The number of carbonyl (C=O) groups is 3. The maximum atomic E-state index is 12.7. The van der Waals surface area contributed by atoms with Crippen molar-refractivity contribution in [2.45, 2.75) is 252 Å². The van der Waals surface area contributed by atoms with Gasteiger partial charge < -0.3 is 14.2 Å². The number of hydrogen-bond donors (Lipinski definition) is 0. The Bertz CT molecular complexity index is 766. The van der Waals surface area contributed by atoms with E-state index in [-0.39, 0.29) is 31.1 Å². The molecule has 0 aromatic carbocycles. The van der Waals surface area contributed by atoms with Crippen LogP contribution in [0.15, 0.2) is 0 Å². The highest BCUT2D eigenvalue weighted by molar-refractivity contribution is 5.71. The molecule has 6 heteroatoms. The minimum absolute atomic E-state index is 0.0647. The molecular weight excluding hydrogens is 636 g/mol. The molecule has 0 rings (SSSR count). The van der Waals surface area contributed by atoms with Crippen molar-refractivity contribution in [2.24, 2.45) is 5.92 Å². The van der Waals surface area contributed by atoms with Crippen LogP contribution >= 0.6 is 0 Å². The number of ether oxygens (including phenoxy) is 3. The first-order chi connectivity index (χ1) is 24.9. The Morgan fingerprint density at radius 2 is 0.647 bits per heavy atom. The molecule has 0 unspecified atom stereocenters. The summed E-state index contributed by atoms with van der Waals surface area (Å²) in [6.07, 6.45) is 38.3. The molecule has 1 atom stereocenters. The summed E-state index contributed by atoms with van der Waals surface area (Å²) in [7, 11) is 0. The zero-order valence-electron chi connectivity index (χ0n) is 34.6. The van der Waals surface area contributed by atoms with Gasteiger partial charge in [-0.2, -0.15) is 0 Å². The van der Waals surface area contributed by atoms with Crippen molar-refractivity contribution in [1.82, 2.24) is 0 Å². The molecule has 0 aliphatic carbocycles. The van der Waals surface area contributed by atoms with Crippen LogP contribution in [0, 0.1) is 5.92 Å². The van der Waals surface area contributed by atoms with Crippen LogP contribution in [0.1, 0.15) is 246 Å². The smallest absolute Gasteiger partial charge is 0.306 e. The second-order valence-corrected chi connectivity index (χ2v) is 15.8. The van der Waals surface area contributed by atoms with Gasteiger partial charge in [0, 0.05) is 19.3 Å². The van der Waals surface area contributed by atoms with E-state index in [9.17, 15) is 14.4 Å². The van der Waals surface area contributed by atoms with Crippen molar-refractivity contribution in [1.29, 1.82) is 0 Å². The van der Waals surface area contributed by atoms with Gasteiger partial charge in [-0.15, -0.1) is 0 Å². The van der Waals surface area contributed by atoms with Gasteiger partial charge in [0.05, 0.1) is 0 Å². The first-order valence-corrected chi connectivity index (χ1v) is 22.4. The van der Waals surface area contributed by atoms with Crippen LogP contribution in [0.2, 0.25) is 0 Å². The highest BCUT2D eigenvalue weighted by Crippen LogP contribution is 2.16. The van der Waals surface area contributed by atoms with Crippen molar-refractivity contribution in [2.75, 3.05) is 13.2 Å². The summed E-state index contributed by atoms with van der Waals surface area (Å²) in [5, 5.41) is 0. The third kappa shape index (κ3) is 39.5.